The number of oxime groups is 1. The van der Waals surface area contributed by atoms with Crippen LogP contribution in [0.5, 0.6) is 0 Å². The minimum Gasteiger partial charge on any atom is -0.410 e. The standard InChI is InChI=1S/C16H14N2O2/c19-16-15(17-20)14-9-5-4-6-12(14)10-11-18(16)13-7-2-1-3-8-13/h1-9,20H,10-11H2. The van der Waals surface area contributed by atoms with Gasteiger partial charge in [-0.05, 0) is 24.1 Å². The molecule has 1 N–H and O–H groups in total. The quantitative estimate of drug-likeness (QED) is 0.636. The largest absolute Gasteiger partial charge is 0.410 e. The Morgan fingerprint density at radius 3 is 2.45 bits per heavy atom. The highest BCUT2D eigenvalue weighted by molar-refractivity contribution is 6.49. The number of para-hydroxylation sites is 1. The SMILES string of the molecule is O=C1C(=NO)c2ccccc2CCN1c1ccccc1. The molecule has 0 saturated carbocycles. The average Bonchev–Trinajstić information content (AvgIpc) is 2.64. The van der Waals surface area contributed by atoms with Gasteiger partial charge in [-0.1, -0.05) is 47.6 Å². The summed E-state index contributed by atoms with van der Waals surface area (Å²) in [6.45, 7) is 0.568. The lowest BCUT2D eigenvalue weighted by Gasteiger charge is -2.20. The Kier molecular flexibility index (Phi) is 3.21. The van der Waals surface area contributed by atoms with Crippen LogP contribution in [0.1, 0.15) is 11.1 Å². The van der Waals surface area contributed by atoms with E-state index in [1.807, 2.05) is 54.6 Å². The molecule has 1 aliphatic rings. The van der Waals surface area contributed by atoms with Crippen molar-refractivity contribution in [1.29, 1.82) is 0 Å². The van der Waals surface area contributed by atoms with Crippen LogP contribution in [0.2, 0.25) is 0 Å². The maximum absolute atomic E-state index is 12.6. The van der Waals surface area contributed by atoms with Gasteiger partial charge in [-0.2, -0.15) is 0 Å². The first kappa shape index (κ1) is 12.4. The molecule has 2 aromatic carbocycles. The Balaban J connectivity index is 2.06. The van der Waals surface area contributed by atoms with E-state index in [2.05, 4.69) is 5.16 Å². The van der Waals surface area contributed by atoms with E-state index in [1.54, 1.807) is 4.90 Å². The summed E-state index contributed by atoms with van der Waals surface area (Å²) in [5.74, 6) is -0.274. The molecule has 0 fully saturated rings. The van der Waals surface area contributed by atoms with Crippen molar-refractivity contribution in [3.05, 3.63) is 65.7 Å². The molecule has 2 aromatic rings. The number of hydrogen-bond acceptors (Lipinski definition) is 3. The van der Waals surface area contributed by atoms with Crippen molar-refractivity contribution in [2.24, 2.45) is 5.16 Å². The Labute approximate surface area is 117 Å². The summed E-state index contributed by atoms with van der Waals surface area (Å²) < 4.78 is 0. The van der Waals surface area contributed by atoms with Crippen molar-refractivity contribution in [1.82, 2.24) is 0 Å². The van der Waals surface area contributed by atoms with Gasteiger partial charge < -0.3 is 10.1 Å². The van der Waals surface area contributed by atoms with Gasteiger partial charge >= 0.3 is 0 Å². The number of carbonyl (C=O) groups is 1. The molecule has 3 rings (SSSR count). The van der Waals surface area contributed by atoms with E-state index in [0.29, 0.717) is 12.1 Å². The van der Waals surface area contributed by atoms with E-state index in [1.165, 1.54) is 0 Å². The average molecular weight is 266 g/mol. The fourth-order valence-electron chi connectivity index (χ4n) is 2.50. The first-order valence-electron chi connectivity index (χ1n) is 6.48. The van der Waals surface area contributed by atoms with Gasteiger partial charge in [-0.3, -0.25) is 4.79 Å². The van der Waals surface area contributed by atoms with Gasteiger partial charge in [0.2, 0.25) is 0 Å². The maximum Gasteiger partial charge on any atom is 0.280 e. The van der Waals surface area contributed by atoms with Gasteiger partial charge in [-0.25, -0.2) is 0 Å². The summed E-state index contributed by atoms with van der Waals surface area (Å²) in [5, 5.41) is 12.5. The molecule has 4 nitrogen and oxygen atoms in total. The first-order chi connectivity index (χ1) is 9.81. The predicted molar refractivity (Wildman–Crippen MR) is 77.3 cm³/mol. The molecule has 1 aliphatic heterocycles. The van der Waals surface area contributed by atoms with E-state index in [4.69, 9.17) is 0 Å². The van der Waals surface area contributed by atoms with Crippen molar-refractivity contribution in [3.8, 4) is 0 Å². The molecule has 0 aromatic heterocycles. The van der Waals surface area contributed by atoms with E-state index >= 15 is 0 Å². The van der Waals surface area contributed by atoms with Crippen LogP contribution in [-0.4, -0.2) is 23.4 Å². The Morgan fingerprint density at radius 2 is 1.70 bits per heavy atom. The van der Waals surface area contributed by atoms with Gasteiger partial charge in [0, 0.05) is 17.8 Å². The molecule has 100 valence electrons. The third-order valence-corrected chi connectivity index (χ3v) is 3.49. The second kappa shape index (κ2) is 5.17. The third kappa shape index (κ3) is 2.05. The lowest BCUT2D eigenvalue weighted by atomic mass is 10.0. The summed E-state index contributed by atoms with van der Waals surface area (Å²) in [6.07, 6.45) is 0.732. The highest BCUT2D eigenvalue weighted by Crippen LogP contribution is 2.22. The summed E-state index contributed by atoms with van der Waals surface area (Å²) in [6, 6.07) is 17.0. The fraction of sp³-hybridized carbons (Fsp3) is 0.125. The molecule has 1 heterocycles. The number of carbonyl (C=O) groups excluding carboxylic acids is 1. The molecule has 4 heteroatoms. The van der Waals surface area contributed by atoms with Crippen molar-refractivity contribution < 1.29 is 10.0 Å². The van der Waals surface area contributed by atoms with Crippen molar-refractivity contribution in [2.75, 3.05) is 11.4 Å². The number of rotatable bonds is 1. The molecule has 1 amide bonds. The highest BCUT2D eigenvalue weighted by atomic mass is 16.4. The number of nitrogens with zero attached hydrogens (tertiary/aromatic N) is 2. The molecule has 20 heavy (non-hydrogen) atoms. The van der Waals surface area contributed by atoms with Crippen LogP contribution >= 0.6 is 0 Å². The number of benzene rings is 2. The van der Waals surface area contributed by atoms with Crippen LogP contribution in [0, 0.1) is 0 Å². The number of amides is 1. The van der Waals surface area contributed by atoms with Gasteiger partial charge in [0.1, 0.15) is 0 Å². The van der Waals surface area contributed by atoms with E-state index in [0.717, 1.165) is 17.7 Å². The van der Waals surface area contributed by atoms with Crippen LogP contribution in [0.4, 0.5) is 5.69 Å². The smallest absolute Gasteiger partial charge is 0.280 e. The normalized spacial score (nSPS) is 16.9. The third-order valence-electron chi connectivity index (χ3n) is 3.49. The second-order valence-electron chi connectivity index (χ2n) is 4.65. The monoisotopic (exact) mass is 266 g/mol. The van der Waals surface area contributed by atoms with Crippen LogP contribution in [0.3, 0.4) is 0 Å². The fourth-order valence-corrected chi connectivity index (χ4v) is 2.50. The van der Waals surface area contributed by atoms with Crippen molar-refractivity contribution in [2.45, 2.75) is 6.42 Å². The molecule has 0 aliphatic carbocycles. The van der Waals surface area contributed by atoms with Crippen LogP contribution in [0.25, 0.3) is 0 Å². The summed E-state index contributed by atoms with van der Waals surface area (Å²) in [5.41, 5.74) is 2.64. The van der Waals surface area contributed by atoms with E-state index < -0.39 is 0 Å². The van der Waals surface area contributed by atoms with Crippen LogP contribution < -0.4 is 4.90 Å². The zero-order valence-corrected chi connectivity index (χ0v) is 10.9. The van der Waals surface area contributed by atoms with Crippen molar-refractivity contribution in [3.63, 3.8) is 0 Å². The van der Waals surface area contributed by atoms with Crippen molar-refractivity contribution >= 4 is 17.3 Å². The van der Waals surface area contributed by atoms with Crippen LogP contribution in [-0.2, 0) is 11.2 Å². The molecule has 0 spiro atoms. The predicted octanol–water partition coefficient (Wildman–Crippen LogP) is 2.45. The van der Waals surface area contributed by atoms with Gasteiger partial charge in [0.05, 0.1) is 0 Å². The number of fused-ring (bicyclic) bond motifs is 1. The second-order valence-corrected chi connectivity index (χ2v) is 4.65. The molecule has 0 atom stereocenters. The highest BCUT2D eigenvalue weighted by Gasteiger charge is 2.28. The molecule has 0 unspecified atom stereocenters. The molecular formula is C16H14N2O2. The Hall–Kier alpha value is -2.62. The topological polar surface area (TPSA) is 52.9 Å². The first-order valence-corrected chi connectivity index (χ1v) is 6.48. The van der Waals surface area contributed by atoms with Crippen LogP contribution in [0.15, 0.2) is 59.8 Å². The van der Waals surface area contributed by atoms with E-state index in [-0.39, 0.29) is 11.6 Å². The Morgan fingerprint density at radius 1 is 1.00 bits per heavy atom. The molecule has 0 saturated heterocycles. The summed E-state index contributed by atoms with van der Waals surface area (Å²) >= 11 is 0. The van der Waals surface area contributed by atoms with Gasteiger partial charge in [-0.15, -0.1) is 0 Å². The summed E-state index contributed by atoms with van der Waals surface area (Å²) in [4.78, 5) is 14.2. The lowest BCUT2D eigenvalue weighted by Crippen LogP contribution is -2.36. The number of anilines is 1. The zero-order chi connectivity index (χ0) is 13.9. The maximum atomic E-state index is 12.6. The summed E-state index contributed by atoms with van der Waals surface area (Å²) in [7, 11) is 0. The number of hydrogen-bond donors (Lipinski definition) is 1. The van der Waals surface area contributed by atoms with E-state index in [9.17, 15) is 10.0 Å². The minimum absolute atomic E-state index is 0.0990. The molecule has 0 radical (unpaired) electrons. The Bertz CT molecular complexity index is 665. The molecular weight excluding hydrogens is 252 g/mol. The van der Waals surface area contributed by atoms with Gasteiger partial charge in [0.15, 0.2) is 5.71 Å². The van der Waals surface area contributed by atoms with Gasteiger partial charge in [0.25, 0.3) is 5.91 Å². The zero-order valence-electron chi connectivity index (χ0n) is 10.9. The minimum atomic E-state index is -0.274. The lowest BCUT2D eigenvalue weighted by molar-refractivity contribution is -0.112. The molecule has 0 bridgehead atoms.